The summed E-state index contributed by atoms with van der Waals surface area (Å²) in [7, 11) is -2.96. The van der Waals surface area contributed by atoms with Crippen molar-refractivity contribution in [3.63, 3.8) is 0 Å². The van der Waals surface area contributed by atoms with E-state index in [9.17, 15) is 8.42 Å². The second-order valence-corrected chi connectivity index (χ2v) is 5.19. The van der Waals surface area contributed by atoms with Crippen LogP contribution >= 0.6 is 0 Å². The van der Waals surface area contributed by atoms with Gasteiger partial charge < -0.3 is 5.11 Å². The Morgan fingerprint density at radius 3 is 1.90 bits per heavy atom. The lowest BCUT2D eigenvalue weighted by Gasteiger charge is -2.10. The van der Waals surface area contributed by atoms with Gasteiger partial charge in [0.2, 0.25) is 0 Å². The van der Waals surface area contributed by atoms with Gasteiger partial charge in [0, 0.05) is 6.26 Å². The lowest BCUT2D eigenvalue weighted by molar-refractivity contribution is 0.184. The third-order valence-electron chi connectivity index (χ3n) is 1.40. The predicted molar refractivity (Wildman–Crippen MR) is 40.6 cm³/mol. The lowest BCUT2D eigenvalue weighted by Crippen LogP contribution is -2.20. The van der Waals surface area contributed by atoms with Gasteiger partial charge in [0.1, 0.15) is 9.84 Å². The highest BCUT2D eigenvalue weighted by Crippen LogP contribution is 2.05. The van der Waals surface area contributed by atoms with E-state index < -0.39 is 21.2 Å². The maximum Gasteiger partial charge on any atom is 0.150 e. The van der Waals surface area contributed by atoms with Gasteiger partial charge >= 0.3 is 0 Å². The molecular weight excluding hydrogens is 152 g/mol. The van der Waals surface area contributed by atoms with Crippen LogP contribution in [0.25, 0.3) is 0 Å². The summed E-state index contributed by atoms with van der Waals surface area (Å²) in [5.74, 6) is 0. The summed E-state index contributed by atoms with van der Waals surface area (Å²) in [6, 6.07) is 0. The van der Waals surface area contributed by atoms with Gasteiger partial charge in [-0.1, -0.05) is 0 Å². The lowest BCUT2D eigenvalue weighted by atomic mass is 10.2. The van der Waals surface area contributed by atoms with Crippen molar-refractivity contribution in [2.24, 2.45) is 0 Å². The minimum absolute atomic E-state index is 0.318. The van der Waals surface area contributed by atoms with Crippen LogP contribution in [0.5, 0.6) is 0 Å². The molecule has 0 aromatic rings. The first-order valence-corrected chi connectivity index (χ1v) is 5.16. The molecule has 0 spiro atoms. The number of sulfone groups is 1. The fraction of sp³-hybridized carbons (Fsp3) is 1.00. The van der Waals surface area contributed by atoms with Gasteiger partial charge in [-0.05, 0) is 20.3 Å². The zero-order chi connectivity index (χ0) is 8.36. The molecule has 0 amide bonds. The van der Waals surface area contributed by atoms with Crippen molar-refractivity contribution < 1.29 is 13.5 Å². The van der Waals surface area contributed by atoms with E-state index in [0.29, 0.717) is 6.42 Å². The van der Waals surface area contributed by atoms with Crippen LogP contribution in [-0.4, -0.2) is 31.1 Å². The molecule has 0 aliphatic rings. The third-order valence-corrected chi connectivity index (χ3v) is 3.06. The number of rotatable bonds is 3. The maximum atomic E-state index is 10.8. The molecule has 0 saturated heterocycles. The van der Waals surface area contributed by atoms with Gasteiger partial charge in [-0.25, -0.2) is 8.42 Å². The van der Waals surface area contributed by atoms with Crippen molar-refractivity contribution >= 4 is 9.84 Å². The summed E-state index contributed by atoms with van der Waals surface area (Å²) in [5, 5.41) is 8.38. The summed E-state index contributed by atoms with van der Waals surface area (Å²) in [4.78, 5) is 0. The van der Waals surface area contributed by atoms with Crippen molar-refractivity contribution in [1.82, 2.24) is 0 Å². The summed E-state index contributed by atoms with van der Waals surface area (Å²) < 4.78 is 21.5. The summed E-state index contributed by atoms with van der Waals surface area (Å²) >= 11 is 0. The van der Waals surface area contributed by atoms with E-state index in [1.54, 1.807) is 13.8 Å². The van der Waals surface area contributed by atoms with Crippen LogP contribution in [-0.2, 0) is 9.84 Å². The summed E-state index contributed by atoms with van der Waals surface area (Å²) in [6.45, 7) is 3.18. The molecule has 0 saturated carbocycles. The Labute approximate surface area is 62.0 Å². The van der Waals surface area contributed by atoms with Crippen LogP contribution in [0.4, 0.5) is 0 Å². The third kappa shape index (κ3) is 3.85. The summed E-state index contributed by atoms with van der Waals surface area (Å²) in [5.41, 5.74) is 0. The minimum Gasteiger partial charge on any atom is -0.393 e. The van der Waals surface area contributed by atoms with Gasteiger partial charge in [0.15, 0.2) is 0 Å². The second-order valence-electron chi connectivity index (χ2n) is 2.72. The molecule has 3 nitrogen and oxygen atoms in total. The van der Waals surface area contributed by atoms with E-state index in [1.165, 1.54) is 6.26 Å². The van der Waals surface area contributed by atoms with Crippen LogP contribution in [0.15, 0.2) is 0 Å². The highest BCUT2D eigenvalue weighted by Gasteiger charge is 2.16. The van der Waals surface area contributed by atoms with Crippen LogP contribution in [0.2, 0.25) is 0 Å². The molecule has 0 aromatic heterocycles. The molecule has 0 aliphatic carbocycles. The molecular formula is C6H14O3S. The molecule has 0 aromatic carbocycles. The van der Waals surface area contributed by atoms with Crippen molar-refractivity contribution in [3.8, 4) is 0 Å². The quantitative estimate of drug-likeness (QED) is 0.651. The largest absolute Gasteiger partial charge is 0.393 e. The van der Waals surface area contributed by atoms with E-state index in [-0.39, 0.29) is 0 Å². The van der Waals surface area contributed by atoms with Crippen LogP contribution < -0.4 is 0 Å². The predicted octanol–water partition coefficient (Wildman–Crippen LogP) is 0.190. The molecule has 0 fully saturated rings. The molecule has 10 heavy (non-hydrogen) atoms. The van der Waals surface area contributed by atoms with Crippen molar-refractivity contribution in [3.05, 3.63) is 0 Å². The Bertz CT molecular complexity index is 181. The fourth-order valence-electron chi connectivity index (χ4n) is 0.655. The van der Waals surface area contributed by atoms with E-state index in [2.05, 4.69) is 0 Å². The number of hydrogen-bond donors (Lipinski definition) is 1. The standard InChI is InChI=1S/C6H14O3S/c1-5(7)4-6(2)10(3,8)9/h5-7H,4H2,1-3H3/t5-,6-/m1/s1. The van der Waals surface area contributed by atoms with E-state index in [1.807, 2.05) is 0 Å². The average molecular weight is 166 g/mol. The number of aliphatic hydroxyl groups is 1. The smallest absolute Gasteiger partial charge is 0.150 e. The van der Waals surface area contributed by atoms with E-state index in [4.69, 9.17) is 5.11 Å². The molecule has 0 unspecified atom stereocenters. The second kappa shape index (κ2) is 3.34. The topological polar surface area (TPSA) is 54.4 Å². The molecule has 0 rings (SSSR count). The highest BCUT2D eigenvalue weighted by atomic mass is 32.2. The van der Waals surface area contributed by atoms with Crippen molar-refractivity contribution in [2.75, 3.05) is 6.26 Å². The Kier molecular flexibility index (Phi) is 3.31. The molecule has 0 heterocycles. The van der Waals surface area contributed by atoms with Gasteiger partial charge in [-0.15, -0.1) is 0 Å². The molecule has 1 N–H and O–H groups in total. The first-order valence-electron chi connectivity index (χ1n) is 3.21. The molecule has 2 atom stereocenters. The first kappa shape index (κ1) is 9.91. The van der Waals surface area contributed by atoms with Crippen molar-refractivity contribution in [1.29, 1.82) is 0 Å². The Morgan fingerprint density at radius 2 is 1.80 bits per heavy atom. The Hall–Kier alpha value is -0.0900. The summed E-state index contributed by atoms with van der Waals surface area (Å²) in [6.07, 6.45) is 0.962. The Morgan fingerprint density at radius 1 is 1.40 bits per heavy atom. The zero-order valence-corrected chi connectivity index (χ0v) is 7.35. The molecule has 4 heteroatoms. The average Bonchev–Trinajstić information content (AvgIpc) is 1.60. The monoisotopic (exact) mass is 166 g/mol. The number of hydrogen-bond acceptors (Lipinski definition) is 3. The zero-order valence-electron chi connectivity index (χ0n) is 6.53. The maximum absolute atomic E-state index is 10.8. The Balaban J connectivity index is 3.99. The van der Waals surface area contributed by atoms with Gasteiger partial charge in [-0.2, -0.15) is 0 Å². The number of aliphatic hydroxyl groups excluding tert-OH is 1. The first-order chi connectivity index (χ1) is 4.34. The van der Waals surface area contributed by atoms with Crippen LogP contribution in [0.3, 0.4) is 0 Å². The SMILES string of the molecule is C[C@H](C[C@@H](C)O)S(C)(=O)=O. The molecule has 0 bridgehead atoms. The minimum atomic E-state index is -2.96. The van der Waals surface area contributed by atoms with Gasteiger partial charge in [0.25, 0.3) is 0 Å². The molecule has 62 valence electrons. The van der Waals surface area contributed by atoms with Gasteiger partial charge in [0.05, 0.1) is 11.4 Å². The molecule has 0 radical (unpaired) electrons. The fourth-order valence-corrected chi connectivity index (χ4v) is 1.28. The van der Waals surface area contributed by atoms with Crippen LogP contribution in [0.1, 0.15) is 20.3 Å². The van der Waals surface area contributed by atoms with Gasteiger partial charge in [-0.3, -0.25) is 0 Å². The normalized spacial score (nSPS) is 18.4. The van der Waals surface area contributed by atoms with E-state index >= 15 is 0 Å². The van der Waals surface area contributed by atoms with E-state index in [0.717, 1.165) is 0 Å². The molecule has 0 aliphatic heterocycles. The highest BCUT2D eigenvalue weighted by molar-refractivity contribution is 7.91. The van der Waals surface area contributed by atoms with Crippen LogP contribution in [0, 0.1) is 0 Å². The van der Waals surface area contributed by atoms with Crippen molar-refractivity contribution in [2.45, 2.75) is 31.6 Å².